The molecule has 8 heteroatoms. The van der Waals surface area contributed by atoms with Crippen molar-refractivity contribution in [1.82, 2.24) is 9.55 Å². The van der Waals surface area contributed by atoms with E-state index in [4.69, 9.17) is 19.2 Å². The van der Waals surface area contributed by atoms with Crippen molar-refractivity contribution >= 4 is 10.9 Å². The Bertz CT molecular complexity index is 1460. The Balaban J connectivity index is 1.50. The maximum Gasteiger partial charge on any atom is 0.257 e. The minimum Gasteiger partial charge on any atom is -0.454 e. The lowest BCUT2D eigenvalue weighted by Crippen LogP contribution is -2.47. The summed E-state index contributed by atoms with van der Waals surface area (Å²) < 4.78 is 18.5. The first-order valence-corrected chi connectivity index (χ1v) is 13.1. The summed E-state index contributed by atoms with van der Waals surface area (Å²) in [5, 5.41) is 22.8. The van der Waals surface area contributed by atoms with Gasteiger partial charge in [-0.2, -0.15) is 0 Å². The molecule has 36 heavy (non-hydrogen) atoms. The standard InChI is InChI=1S/C28H30N2O6/c1-2-28(33)19-10-21-25-17(12-30(21)26(31)18(19)13-34-27(28)32)24(15-7-5-3-4-6-8-15)16-9-22-23(36-14-35-22)11-20(16)29-25/h9-11,15,27,32-33H,2-8,12-14H2,1H3/t27?,28-/m0/s1. The largest absolute Gasteiger partial charge is 0.454 e. The van der Waals surface area contributed by atoms with Gasteiger partial charge in [0.2, 0.25) is 6.79 Å². The van der Waals surface area contributed by atoms with E-state index in [0.29, 0.717) is 35.0 Å². The van der Waals surface area contributed by atoms with Crippen molar-refractivity contribution in [3.8, 4) is 22.9 Å². The van der Waals surface area contributed by atoms with Crippen LogP contribution in [0.15, 0.2) is 23.0 Å². The minimum atomic E-state index is -1.64. The fourth-order valence-electron chi connectivity index (χ4n) is 6.65. The normalized spacial score (nSPS) is 24.9. The Morgan fingerprint density at radius 1 is 1.08 bits per heavy atom. The third-order valence-corrected chi connectivity index (χ3v) is 8.65. The van der Waals surface area contributed by atoms with E-state index in [9.17, 15) is 15.0 Å². The predicted octanol–water partition coefficient (Wildman–Crippen LogP) is 4.04. The van der Waals surface area contributed by atoms with Gasteiger partial charge in [-0.15, -0.1) is 0 Å². The molecule has 5 heterocycles. The Hall–Kier alpha value is -2.94. The van der Waals surface area contributed by atoms with Crippen molar-refractivity contribution in [3.05, 3.63) is 50.8 Å². The van der Waals surface area contributed by atoms with Crippen LogP contribution in [-0.2, 0) is 23.5 Å². The number of aliphatic hydroxyl groups excluding tert-OH is 1. The van der Waals surface area contributed by atoms with Crippen molar-refractivity contribution in [1.29, 1.82) is 0 Å². The van der Waals surface area contributed by atoms with Crippen LogP contribution in [0.4, 0.5) is 0 Å². The first-order valence-electron chi connectivity index (χ1n) is 13.1. The number of aromatic nitrogens is 2. The number of ether oxygens (including phenoxy) is 3. The van der Waals surface area contributed by atoms with Crippen LogP contribution in [0, 0.1) is 0 Å². The molecule has 1 unspecified atom stereocenters. The van der Waals surface area contributed by atoms with Gasteiger partial charge in [-0.3, -0.25) is 4.79 Å². The van der Waals surface area contributed by atoms with E-state index < -0.39 is 11.9 Å². The highest BCUT2D eigenvalue weighted by Crippen LogP contribution is 2.47. The summed E-state index contributed by atoms with van der Waals surface area (Å²) in [5.74, 6) is 1.80. The zero-order valence-corrected chi connectivity index (χ0v) is 20.4. The molecule has 188 valence electrons. The van der Waals surface area contributed by atoms with Gasteiger partial charge in [0.1, 0.15) is 5.60 Å². The molecule has 1 aliphatic carbocycles. The summed E-state index contributed by atoms with van der Waals surface area (Å²) in [5.41, 5.74) is 3.64. The van der Waals surface area contributed by atoms with Crippen molar-refractivity contribution < 1.29 is 24.4 Å². The van der Waals surface area contributed by atoms with Gasteiger partial charge in [0.15, 0.2) is 17.8 Å². The fourth-order valence-corrected chi connectivity index (χ4v) is 6.65. The summed E-state index contributed by atoms with van der Waals surface area (Å²) in [7, 11) is 0. The number of pyridine rings is 2. The second kappa shape index (κ2) is 8.03. The van der Waals surface area contributed by atoms with Gasteiger partial charge in [-0.05, 0) is 42.9 Å². The van der Waals surface area contributed by atoms with E-state index in [0.717, 1.165) is 40.8 Å². The van der Waals surface area contributed by atoms with Crippen LogP contribution in [0.5, 0.6) is 11.5 Å². The smallest absolute Gasteiger partial charge is 0.257 e. The molecular weight excluding hydrogens is 460 g/mol. The molecular formula is C28H30N2O6. The molecule has 0 radical (unpaired) electrons. The molecule has 1 saturated carbocycles. The van der Waals surface area contributed by atoms with Crippen molar-refractivity contribution in [2.24, 2.45) is 0 Å². The van der Waals surface area contributed by atoms with Gasteiger partial charge >= 0.3 is 0 Å². The van der Waals surface area contributed by atoms with Gasteiger partial charge in [-0.25, -0.2) is 4.98 Å². The van der Waals surface area contributed by atoms with Crippen LogP contribution in [0.3, 0.4) is 0 Å². The van der Waals surface area contributed by atoms with E-state index in [2.05, 4.69) is 6.07 Å². The molecule has 7 rings (SSSR count). The van der Waals surface area contributed by atoms with Crippen molar-refractivity contribution in [2.45, 2.75) is 82.8 Å². The predicted molar refractivity (Wildman–Crippen MR) is 132 cm³/mol. The first-order chi connectivity index (χ1) is 17.5. The van der Waals surface area contributed by atoms with Crippen LogP contribution >= 0.6 is 0 Å². The zero-order chi connectivity index (χ0) is 24.6. The quantitative estimate of drug-likeness (QED) is 0.409. The third kappa shape index (κ3) is 3.04. The Kier molecular flexibility index (Phi) is 4.97. The van der Waals surface area contributed by atoms with Crippen LogP contribution < -0.4 is 15.0 Å². The number of hydrogen-bond donors (Lipinski definition) is 2. The lowest BCUT2D eigenvalue weighted by atomic mass is 9.84. The maximum atomic E-state index is 13.7. The molecule has 8 nitrogen and oxygen atoms in total. The van der Waals surface area contributed by atoms with E-state index in [1.807, 2.05) is 12.1 Å². The van der Waals surface area contributed by atoms with Gasteiger partial charge in [0.05, 0.1) is 30.1 Å². The lowest BCUT2D eigenvalue weighted by molar-refractivity contribution is -0.236. The summed E-state index contributed by atoms with van der Waals surface area (Å²) in [6.07, 6.45) is 5.93. The fraction of sp³-hybridized carbons (Fsp3) is 0.500. The van der Waals surface area contributed by atoms with E-state index in [1.165, 1.54) is 31.2 Å². The van der Waals surface area contributed by atoms with Crippen LogP contribution in [0.25, 0.3) is 22.3 Å². The molecule has 0 spiro atoms. The maximum absolute atomic E-state index is 13.7. The molecule has 0 bridgehead atoms. The molecule has 3 aromatic rings. The second-order valence-electron chi connectivity index (χ2n) is 10.5. The molecule has 1 aromatic carbocycles. The summed E-state index contributed by atoms with van der Waals surface area (Å²) in [6.45, 7) is 2.39. The monoisotopic (exact) mass is 490 g/mol. The number of hydrogen-bond acceptors (Lipinski definition) is 7. The molecule has 0 amide bonds. The van der Waals surface area contributed by atoms with Gasteiger partial charge in [0, 0.05) is 28.1 Å². The topological polar surface area (TPSA) is 103 Å². The summed E-state index contributed by atoms with van der Waals surface area (Å²) in [4.78, 5) is 18.8. The highest BCUT2D eigenvalue weighted by Gasteiger charge is 2.44. The van der Waals surface area contributed by atoms with E-state index in [-0.39, 0.29) is 25.4 Å². The number of nitrogens with zero attached hydrogens (tertiary/aromatic N) is 2. The van der Waals surface area contributed by atoms with Crippen molar-refractivity contribution in [2.75, 3.05) is 6.79 Å². The van der Waals surface area contributed by atoms with Crippen LogP contribution in [-0.4, -0.2) is 32.8 Å². The molecule has 4 aliphatic rings. The molecule has 2 N–H and O–H groups in total. The first kappa shape index (κ1) is 22.3. The van der Waals surface area contributed by atoms with Crippen LogP contribution in [0.2, 0.25) is 0 Å². The number of fused-ring (bicyclic) bond motifs is 6. The van der Waals surface area contributed by atoms with Crippen molar-refractivity contribution in [3.63, 3.8) is 0 Å². The molecule has 1 fully saturated rings. The second-order valence-corrected chi connectivity index (χ2v) is 10.5. The Morgan fingerprint density at radius 3 is 2.58 bits per heavy atom. The zero-order valence-electron chi connectivity index (χ0n) is 20.4. The van der Waals surface area contributed by atoms with Crippen LogP contribution in [0.1, 0.15) is 80.0 Å². The van der Waals surface area contributed by atoms with E-state index >= 15 is 0 Å². The molecule has 2 aromatic heterocycles. The molecule has 2 atom stereocenters. The highest BCUT2D eigenvalue weighted by molar-refractivity contribution is 5.91. The summed E-state index contributed by atoms with van der Waals surface area (Å²) in [6, 6.07) is 5.85. The Morgan fingerprint density at radius 2 is 1.83 bits per heavy atom. The summed E-state index contributed by atoms with van der Waals surface area (Å²) >= 11 is 0. The highest BCUT2D eigenvalue weighted by atomic mass is 16.7. The third-order valence-electron chi connectivity index (χ3n) is 8.65. The number of rotatable bonds is 2. The van der Waals surface area contributed by atoms with Gasteiger partial charge in [-0.1, -0.05) is 32.6 Å². The number of aliphatic hydroxyl groups is 2. The van der Waals surface area contributed by atoms with Gasteiger partial charge in [0.25, 0.3) is 5.56 Å². The molecule has 0 saturated heterocycles. The molecule has 3 aliphatic heterocycles. The van der Waals surface area contributed by atoms with Gasteiger partial charge < -0.3 is 29.0 Å². The lowest BCUT2D eigenvalue weighted by Gasteiger charge is -2.37. The van der Waals surface area contributed by atoms with E-state index in [1.54, 1.807) is 11.5 Å². The SMILES string of the molecule is CC[C@]1(O)c2cc3n(c(=O)c2COC1O)Cc1c-3nc2cc3c(cc2c1C1CCCCCC1)OCO3. The number of benzene rings is 1. The average Bonchev–Trinajstić information content (AvgIpc) is 3.38. The average molecular weight is 491 g/mol. The minimum absolute atomic E-state index is 0.0272. The Labute approximate surface area is 208 Å².